The average Bonchev–Trinajstić information content (AvgIpc) is 2.85. The smallest absolute Gasteiger partial charge is 0.167 e. The summed E-state index contributed by atoms with van der Waals surface area (Å²) in [7, 11) is 0. The van der Waals surface area contributed by atoms with Gasteiger partial charge in [-0.25, -0.2) is 0 Å². The third-order valence-corrected chi connectivity index (χ3v) is 5.55. The summed E-state index contributed by atoms with van der Waals surface area (Å²) < 4.78 is 0. The van der Waals surface area contributed by atoms with E-state index in [4.69, 9.17) is 0 Å². The van der Waals surface area contributed by atoms with Gasteiger partial charge in [0.15, 0.2) is 5.78 Å². The fraction of sp³-hybridized carbons (Fsp3) is 0.138. The predicted molar refractivity (Wildman–Crippen MR) is 128 cm³/mol. The molecule has 3 aromatic carbocycles. The largest absolute Gasteiger partial charge is 0.299 e. The molecule has 0 aliphatic carbocycles. The Morgan fingerprint density at radius 2 is 1.44 bits per heavy atom. The Balaban J connectivity index is 1.37. The van der Waals surface area contributed by atoms with Crippen LogP contribution >= 0.6 is 0 Å². The second kappa shape index (κ2) is 10.5. The molecule has 1 heterocycles. The topological polar surface area (TPSA) is 47.0 Å². The fourth-order valence-corrected chi connectivity index (χ4v) is 3.80. The zero-order valence-corrected chi connectivity index (χ0v) is 17.9. The number of Topliss-reactive ketones (excluding diaryl/α,β-unsaturated/α-hetero) is 2. The Kier molecular flexibility index (Phi) is 6.98. The van der Waals surface area contributed by atoms with Crippen molar-refractivity contribution in [3.63, 3.8) is 0 Å². The van der Waals surface area contributed by atoms with Crippen molar-refractivity contribution in [3.8, 4) is 11.1 Å². The van der Waals surface area contributed by atoms with E-state index in [1.807, 2.05) is 72.8 Å². The third kappa shape index (κ3) is 5.64. The Morgan fingerprint density at radius 3 is 2.19 bits per heavy atom. The monoisotopic (exact) mass is 419 g/mol. The number of carbonyl (C=O) groups is 2. The van der Waals surface area contributed by atoms with Gasteiger partial charge in [0.1, 0.15) is 5.78 Å². The van der Waals surface area contributed by atoms with Crippen LogP contribution in [-0.2, 0) is 24.1 Å². The zero-order valence-electron chi connectivity index (χ0n) is 17.9. The molecule has 0 bridgehead atoms. The molecule has 4 aromatic rings. The summed E-state index contributed by atoms with van der Waals surface area (Å²) in [4.78, 5) is 29.3. The van der Waals surface area contributed by atoms with Crippen LogP contribution in [0.25, 0.3) is 11.1 Å². The molecule has 3 heteroatoms. The molecule has 0 radical (unpaired) electrons. The van der Waals surface area contributed by atoms with Crippen LogP contribution in [0.15, 0.2) is 103 Å². The first kappa shape index (κ1) is 21.4. The van der Waals surface area contributed by atoms with E-state index in [0.717, 1.165) is 27.8 Å². The van der Waals surface area contributed by atoms with Gasteiger partial charge in [0.2, 0.25) is 0 Å². The summed E-state index contributed by atoms with van der Waals surface area (Å²) in [5, 5.41) is 0. The van der Waals surface area contributed by atoms with Crippen molar-refractivity contribution in [2.45, 2.75) is 25.7 Å². The highest BCUT2D eigenvalue weighted by molar-refractivity contribution is 5.98. The van der Waals surface area contributed by atoms with Crippen molar-refractivity contribution in [2.24, 2.45) is 0 Å². The molecule has 0 aliphatic heterocycles. The Labute approximate surface area is 188 Å². The second-order valence-corrected chi connectivity index (χ2v) is 7.90. The minimum absolute atomic E-state index is 0.0721. The maximum atomic E-state index is 12.9. The van der Waals surface area contributed by atoms with E-state index in [-0.39, 0.29) is 11.6 Å². The van der Waals surface area contributed by atoms with E-state index in [1.54, 1.807) is 12.4 Å². The summed E-state index contributed by atoms with van der Waals surface area (Å²) >= 11 is 0. The lowest BCUT2D eigenvalue weighted by molar-refractivity contribution is -0.118. The summed E-state index contributed by atoms with van der Waals surface area (Å²) in [5.41, 5.74) is 5.87. The van der Waals surface area contributed by atoms with Gasteiger partial charge < -0.3 is 0 Å². The number of ketones is 2. The van der Waals surface area contributed by atoms with Crippen LogP contribution < -0.4 is 0 Å². The van der Waals surface area contributed by atoms with Crippen LogP contribution in [0, 0.1) is 0 Å². The molecule has 0 fully saturated rings. The van der Waals surface area contributed by atoms with Crippen LogP contribution in [-0.4, -0.2) is 16.6 Å². The quantitative estimate of drug-likeness (QED) is 0.317. The van der Waals surface area contributed by atoms with E-state index in [1.165, 1.54) is 0 Å². The number of aromatic nitrogens is 1. The van der Waals surface area contributed by atoms with Crippen LogP contribution in [0.4, 0.5) is 0 Å². The van der Waals surface area contributed by atoms with E-state index >= 15 is 0 Å². The fourth-order valence-electron chi connectivity index (χ4n) is 3.80. The molecule has 0 amide bonds. The molecule has 4 rings (SSSR count). The van der Waals surface area contributed by atoms with Gasteiger partial charge in [-0.15, -0.1) is 0 Å². The van der Waals surface area contributed by atoms with Crippen LogP contribution in [0.1, 0.15) is 33.5 Å². The normalized spacial score (nSPS) is 10.6. The summed E-state index contributed by atoms with van der Waals surface area (Å²) in [6.07, 6.45) is 5.44. The van der Waals surface area contributed by atoms with Crippen molar-refractivity contribution in [2.75, 3.05) is 0 Å². The first-order chi connectivity index (χ1) is 15.7. The summed E-state index contributed by atoms with van der Waals surface area (Å²) in [6, 6.07) is 29.4. The molecular formula is C29H25NO2. The van der Waals surface area contributed by atoms with E-state index in [2.05, 4.69) is 23.2 Å². The Bertz CT molecular complexity index is 1180. The average molecular weight is 420 g/mol. The lowest BCUT2D eigenvalue weighted by Crippen LogP contribution is -2.07. The molecule has 158 valence electrons. The van der Waals surface area contributed by atoms with Gasteiger partial charge in [-0.05, 0) is 40.3 Å². The number of hydrogen-bond acceptors (Lipinski definition) is 3. The lowest BCUT2D eigenvalue weighted by Gasteiger charge is -2.10. The highest BCUT2D eigenvalue weighted by Crippen LogP contribution is 2.24. The van der Waals surface area contributed by atoms with Crippen LogP contribution in [0.3, 0.4) is 0 Å². The van der Waals surface area contributed by atoms with Crippen LogP contribution in [0.2, 0.25) is 0 Å². The molecule has 0 spiro atoms. The lowest BCUT2D eigenvalue weighted by atomic mass is 9.94. The van der Waals surface area contributed by atoms with E-state index in [0.29, 0.717) is 31.2 Å². The number of hydrogen-bond donors (Lipinski definition) is 0. The minimum atomic E-state index is 0.0721. The molecule has 0 unspecified atom stereocenters. The number of benzene rings is 3. The highest BCUT2D eigenvalue weighted by Gasteiger charge is 2.12. The van der Waals surface area contributed by atoms with Gasteiger partial charge in [0.25, 0.3) is 0 Å². The van der Waals surface area contributed by atoms with Crippen molar-refractivity contribution >= 4 is 11.6 Å². The highest BCUT2D eigenvalue weighted by atomic mass is 16.1. The zero-order chi connectivity index (χ0) is 22.2. The maximum Gasteiger partial charge on any atom is 0.167 e. The van der Waals surface area contributed by atoms with Crippen molar-refractivity contribution in [3.05, 3.63) is 126 Å². The van der Waals surface area contributed by atoms with Crippen molar-refractivity contribution < 1.29 is 9.59 Å². The Morgan fingerprint density at radius 1 is 0.688 bits per heavy atom. The van der Waals surface area contributed by atoms with Gasteiger partial charge in [-0.2, -0.15) is 0 Å². The molecule has 3 nitrogen and oxygen atoms in total. The molecule has 0 atom stereocenters. The van der Waals surface area contributed by atoms with Gasteiger partial charge in [0.05, 0.1) is 0 Å². The second-order valence-electron chi connectivity index (χ2n) is 7.90. The number of rotatable bonds is 9. The SMILES string of the molecule is O=C(CCc1cccnc1)Cc1ccc(C(=O)Cc2ccccc2-c2ccccc2)cc1. The van der Waals surface area contributed by atoms with Gasteiger partial charge in [-0.3, -0.25) is 14.6 Å². The van der Waals surface area contributed by atoms with Crippen molar-refractivity contribution in [1.82, 2.24) is 4.98 Å². The molecular weight excluding hydrogens is 394 g/mol. The van der Waals surface area contributed by atoms with Gasteiger partial charge in [-0.1, -0.05) is 84.9 Å². The van der Waals surface area contributed by atoms with E-state index in [9.17, 15) is 9.59 Å². The van der Waals surface area contributed by atoms with Crippen molar-refractivity contribution in [1.29, 1.82) is 0 Å². The standard InChI is InChI=1S/C29H25NO2/c31-27(17-14-23-7-6-18-30-21-23)19-22-12-15-25(16-13-22)29(32)20-26-10-4-5-11-28(26)24-8-2-1-3-9-24/h1-13,15-16,18,21H,14,17,19-20H2. The molecule has 32 heavy (non-hydrogen) atoms. The molecule has 0 saturated carbocycles. The number of carbonyl (C=O) groups excluding carboxylic acids is 2. The molecule has 0 aliphatic rings. The molecule has 0 saturated heterocycles. The number of aryl methyl sites for hydroxylation is 1. The Hall–Kier alpha value is -3.85. The number of pyridine rings is 1. The van der Waals surface area contributed by atoms with Gasteiger partial charge >= 0.3 is 0 Å². The summed E-state index contributed by atoms with van der Waals surface area (Å²) in [6.45, 7) is 0. The first-order valence-electron chi connectivity index (χ1n) is 10.8. The predicted octanol–water partition coefficient (Wildman–Crippen LogP) is 5.92. The third-order valence-electron chi connectivity index (χ3n) is 5.55. The molecule has 0 N–H and O–H groups in total. The summed E-state index contributed by atoms with van der Waals surface area (Å²) in [5.74, 6) is 0.257. The first-order valence-corrected chi connectivity index (χ1v) is 10.8. The minimum Gasteiger partial charge on any atom is -0.299 e. The van der Waals surface area contributed by atoms with Gasteiger partial charge in [0, 0.05) is 37.2 Å². The van der Waals surface area contributed by atoms with E-state index < -0.39 is 0 Å². The number of nitrogens with zero attached hydrogens (tertiary/aromatic N) is 1. The molecule has 1 aromatic heterocycles. The van der Waals surface area contributed by atoms with Crippen LogP contribution in [0.5, 0.6) is 0 Å². The maximum absolute atomic E-state index is 12.9.